The van der Waals surface area contributed by atoms with Crippen LogP contribution in [0.2, 0.25) is 0 Å². The molecule has 0 aliphatic heterocycles. The van der Waals surface area contributed by atoms with Gasteiger partial charge in [0.15, 0.2) is 15.7 Å². The van der Waals surface area contributed by atoms with Crippen LogP contribution >= 0.6 is 11.5 Å². The number of unbranched alkanes of at least 4 members (excludes halogenated alkanes) is 1. The number of sulfone groups is 1. The summed E-state index contributed by atoms with van der Waals surface area (Å²) in [6.07, 6.45) is 3.23. The van der Waals surface area contributed by atoms with Gasteiger partial charge in [-0.15, -0.1) is 0 Å². The van der Waals surface area contributed by atoms with Crippen LogP contribution in [0.3, 0.4) is 0 Å². The summed E-state index contributed by atoms with van der Waals surface area (Å²) in [5.74, 6) is 0.139. The van der Waals surface area contributed by atoms with Crippen LogP contribution < -0.4 is 11.1 Å². The molecule has 104 valence electrons. The maximum absolute atomic E-state index is 11.9. The van der Waals surface area contributed by atoms with Crippen LogP contribution in [0.15, 0.2) is 4.90 Å². The summed E-state index contributed by atoms with van der Waals surface area (Å²) < 4.78 is 27.8. The third-order valence-corrected chi connectivity index (χ3v) is 5.45. The highest BCUT2D eigenvalue weighted by molar-refractivity contribution is 7.91. The van der Waals surface area contributed by atoms with E-state index in [9.17, 15) is 8.42 Å². The second-order valence-electron chi connectivity index (χ2n) is 4.32. The molecule has 0 bridgehead atoms. The molecule has 7 heteroatoms. The van der Waals surface area contributed by atoms with Crippen molar-refractivity contribution in [1.29, 1.82) is 0 Å². The molecule has 0 aromatic carbocycles. The Morgan fingerprint density at radius 1 is 1.44 bits per heavy atom. The van der Waals surface area contributed by atoms with Gasteiger partial charge in [0.2, 0.25) is 0 Å². The highest BCUT2D eigenvalue weighted by Crippen LogP contribution is 2.33. The summed E-state index contributed by atoms with van der Waals surface area (Å²) >= 11 is 1.11. The number of anilines is 2. The maximum atomic E-state index is 11.9. The number of nitrogens with zero attached hydrogens (tertiary/aromatic N) is 1. The molecule has 1 heterocycles. The molecule has 0 fully saturated rings. The predicted molar refractivity (Wildman–Crippen MR) is 76.9 cm³/mol. The molecule has 18 heavy (non-hydrogen) atoms. The van der Waals surface area contributed by atoms with E-state index in [0.717, 1.165) is 30.8 Å². The number of hydrogen-bond donors (Lipinski definition) is 2. The molecule has 0 spiro atoms. The second-order valence-corrected chi connectivity index (χ2v) is 7.31. The summed E-state index contributed by atoms with van der Waals surface area (Å²) in [7, 11) is -3.32. The maximum Gasteiger partial charge on any atom is 0.184 e. The number of aromatic nitrogens is 1. The molecule has 0 aliphatic rings. The number of nitrogens with two attached hydrogens (primary N) is 1. The Hall–Kier alpha value is -0.820. The Morgan fingerprint density at radius 2 is 2.11 bits per heavy atom. The zero-order valence-corrected chi connectivity index (χ0v) is 12.7. The van der Waals surface area contributed by atoms with E-state index in [4.69, 9.17) is 5.73 Å². The molecular weight excluding hydrogens is 270 g/mol. The topological polar surface area (TPSA) is 85.1 Å². The SMILES string of the molecule is CCCCC(C)Nc1snc(N)c1S(=O)(=O)CC. The van der Waals surface area contributed by atoms with Crippen molar-refractivity contribution in [2.75, 3.05) is 16.8 Å². The zero-order chi connectivity index (χ0) is 13.8. The molecular formula is C11H21N3O2S2. The summed E-state index contributed by atoms with van der Waals surface area (Å²) in [4.78, 5) is 0.165. The average Bonchev–Trinajstić information content (AvgIpc) is 2.68. The van der Waals surface area contributed by atoms with E-state index >= 15 is 0 Å². The van der Waals surface area contributed by atoms with Gasteiger partial charge in [-0.3, -0.25) is 0 Å². The first-order valence-corrected chi connectivity index (χ1v) is 8.59. The van der Waals surface area contributed by atoms with Gasteiger partial charge in [0.05, 0.1) is 5.75 Å². The molecule has 1 aromatic heterocycles. The number of rotatable bonds is 7. The third kappa shape index (κ3) is 3.58. The highest BCUT2D eigenvalue weighted by Gasteiger charge is 2.24. The lowest BCUT2D eigenvalue weighted by Gasteiger charge is -2.14. The normalized spacial score (nSPS) is 13.5. The lowest BCUT2D eigenvalue weighted by Crippen LogP contribution is -2.16. The molecule has 5 nitrogen and oxygen atoms in total. The van der Waals surface area contributed by atoms with Gasteiger partial charge >= 0.3 is 0 Å². The Kier molecular flexibility index (Phi) is 5.40. The molecule has 1 aromatic rings. The molecule has 3 N–H and O–H groups in total. The second kappa shape index (κ2) is 6.38. The fraction of sp³-hybridized carbons (Fsp3) is 0.727. The van der Waals surface area contributed by atoms with Crippen LogP contribution in [0.1, 0.15) is 40.0 Å². The summed E-state index contributed by atoms with van der Waals surface area (Å²) in [6, 6.07) is 0.218. The van der Waals surface area contributed by atoms with Crippen LogP contribution in [0, 0.1) is 0 Å². The fourth-order valence-electron chi connectivity index (χ4n) is 1.64. The average molecular weight is 291 g/mol. The predicted octanol–water partition coefficient (Wildman–Crippen LogP) is 2.51. The van der Waals surface area contributed by atoms with E-state index in [-0.39, 0.29) is 22.5 Å². The Labute approximate surface area is 113 Å². The molecule has 0 aliphatic carbocycles. The van der Waals surface area contributed by atoms with Crippen molar-refractivity contribution in [3.05, 3.63) is 0 Å². The van der Waals surface area contributed by atoms with E-state index in [1.54, 1.807) is 6.92 Å². The lowest BCUT2D eigenvalue weighted by molar-refractivity contribution is 0.597. The Balaban J connectivity index is 2.91. The Morgan fingerprint density at radius 3 is 2.67 bits per heavy atom. The monoisotopic (exact) mass is 291 g/mol. The third-order valence-electron chi connectivity index (χ3n) is 2.73. The minimum atomic E-state index is -3.32. The van der Waals surface area contributed by atoms with Gasteiger partial charge in [-0.25, -0.2) is 8.42 Å². The number of nitrogens with one attached hydrogen (secondary N) is 1. The van der Waals surface area contributed by atoms with Crippen molar-refractivity contribution in [3.8, 4) is 0 Å². The van der Waals surface area contributed by atoms with Gasteiger partial charge in [0.25, 0.3) is 0 Å². The lowest BCUT2D eigenvalue weighted by atomic mass is 10.1. The van der Waals surface area contributed by atoms with Crippen LogP contribution in [0.5, 0.6) is 0 Å². The zero-order valence-electron chi connectivity index (χ0n) is 11.1. The quantitative estimate of drug-likeness (QED) is 0.806. The minimum absolute atomic E-state index is 0.0354. The number of nitrogen functional groups attached to an aromatic ring is 1. The highest BCUT2D eigenvalue weighted by atomic mass is 32.2. The molecule has 0 amide bonds. The van der Waals surface area contributed by atoms with Crippen molar-refractivity contribution in [3.63, 3.8) is 0 Å². The molecule has 1 unspecified atom stereocenters. The van der Waals surface area contributed by atoms with Gasteiger partial charge in [-0.2, -0.15) is 4.37 Å². The van der Waals surface area contributed by atoms with Gasteiger partial charge in [0.1, 0.15) is 9.90 Å². The molecule has 1 atom stereocenters. The van der Waals surface area contributed by atoms with Crippen LogP contribution in [-0.2, 0) is 9.84 Å². The van der Waals surface area contributed by atoms with Crippen molar-refractivity contribution in [1.82, 2.24) is 4.37 Å². The molecule has 0 saturated heterocycles. The summed E-state index contributed by atoms with van der Waals surface area (Å²) in [5, 5.41) is 3.77. The van der Waals surface area contributed by atoms with E-state index in [2.05, 4.69) is 16.6 Å². The van der Waals surface area contributed by atoms with Crippen molar-refractivity contribution < 1.29 is 8.42 Å². The first-order valence-electron chi connectivity index (χ1n) is 6.16. The van der Waals surface area contributed by atoms with Crippen molar-refractivity contribution in [2.45, 2.75) is 51.0 Å². The standard InChI is InChI=1S/C11H21N3O2S2/c1-4-6-7-8(3)13-11-9(10(12)14-17-11)18(15,16)5-2/h8,13H,4-7H2,1-3H3,(H2,12,14). The van der Waals surface area contributed by atoms with Crippen LogP contribution in [0.25, 0.3) is 0 Å². The fourth-order valence-corrected chi connectivity index (χ4v) is 3.90. The van der Waals surface area contributed by atoms with Gasteiger partial charge in [-0.1, -0.05) is 26.7 Å². The van der Waals surface area contributed by atoms with Crippen molar-refractivity contribution >= 4 is 32.2 Å². The first-order chi connectivity index (χ1) is 8.42. The number of hydrogen-bond acceptors (Lipinski definition) is 6. The largest absolute Gasteiger partial charge is 0.382 e. The first kappa shape index (κ1) is 15.2. The molecule has 1 rings (SSSR count). The summed E-state index contributed by atoms with van der Waals surface area (Å²) in [5.41, 5.74) is 5.66. The van der Waals surface area contributed by atoms with E-state index < -0.39 is 9.84 Å². The van der Waals surface area contributed by atoms with Gasteiger partial charge in [0, 0.05) is 6.04 Å². The minimum Gasteiger partial charge on any atom is -0.382 e. The summed E-state index contributed by atoms with van der Waals surface area (Å²) in [6.45, 7) is 5.77. The van der Waals surface area contributed by atoms with E-state index in [1.165, 1.54) is 0 Å². The van der Waals surface area contributed by atoms with Gasteiger partial charge < -0.3 is 11.1 Å². The van der Waals surface area contributed by atoms with Crippen LogP contribution in [0.4, 0.5) is 10.8 Å². The van der Waals surface area contributed by atoms with E-state index in [1.807, 2.05) is 6.92 Å². The van der Waals surface area contributed by atoms with Gasteiger partial charge in [-0.05, 0) is 24.9 Å². The molecule has 0 radical (unpaired) electrons. The van der Waals surface area contributed by atoms with Crippen LogP contribution in [-0.4, -0.2) is 24.6 Å². The molecule has 0 saturated carbocycles. The Bertz CT molecular complexity index is 482. The smallest absolute Gasteiger partial charge is 0.184 e. The van der Waals surface area contributed by atoms with Crippen molar-refractivity contribution in [2.24, 2.45) is 0 Å². The van der Waals surface area contributed by atoms with E-state index in [0.29, 0.717) is 5.00 Å².